The van der Waals surface area contributed by atoms with E-state index in [-0.39, 0.29) is 24.0 Å². The summed E-state index contributed by atoms with van der Waals surface area (Å²) in [6.07, 6.45) is 5.84. The van der Waals surface area contributed by atoms with E-state index in [1.54, 1.807) is 0 Å². The Hall–Kier alpha value is -2.88. The number of amides is 1. The second-order valence-corrected chi connectivity index (χ2v) is 9.63. The molecule has 1 saturated heterocycles. The molecule has 9 nitrogen and oxygen atoms in total. The number of rotatable bonds is 9. The first kappa shape index (κ1) is 22.8. The van der Waals surface area contributed by atoms with Crippen molar-refractivity contribution < 1.29 is 22.7 Å². The number of nitrogens with one attached hydrogen (secondary N) is 1. The molecule has 0 saturated carbocycles. The van der Waals surface area contributed by atoms with E-state index in [2.05, 4.69) is 15.3 Å². The van der Waals surface area contributed by atoms with Crippen molar-refractivity contribution in [3.63, 3.8) is 0 Å². The summed E-state index contributed by atoms with van der Waals surface area (Å²) in [4.78, 5) is 22.8. The Labute approximate surface area is 182 Å². The first-order valence-corrected chi connectivity index (χ1v) is 12.3. The summed E-state index contributed by atoms with van der Waals surface area (Å²) >= 11 is 0. The van der Waals surface area contributed by atoms with Crippen molar-refractivity contribution in [1.29, 1.82) is 0 Å². The van der Waals surface area contributed by atoms with Gasteiger partial charge in [0.2, 0.25) is 5.95 Å². The minimum atomic E-state index is -3.13. The molecule has 1 aliphatic rings. The summed E-state index contributed by atoms with van der Waals surface area (Å²) in [7, 11) is -3.13. The number of aromatic nitrogens is 2. The SMILES string of the molecule is CCOc1ccccc1O[C@@H]1CCCN(c2ncc(C(=O)NCCS(C)(=O)=O)cn2)C1. The monoisotopic (exact) mass is 448 g/mol. The highest BCUT2D eigenvalue weighted by Gasteiger charge is 2.24. The molecular weight excluding hydrogens is 420 g/mol. The Morgan fingerprint density at radius 3 is 2.61 bits per heavy atom. The van der Waals surface area contributed by atoms with Gasteiger partial charge in [-0.25, -0.2) is 18.4 Å². The number of carbonyl (C=O) groups excluding carboxylic acids is 1. The molecule has 0 radical (unpaired) electrons. The van der Waals surface area contributed by atoms with Gasteiger partial charge in [0.15, 0.2) is 11.5 Å². The van der Waals surface area contributed by atoms with E-state index in [1.165, 1.54) is 12.4 Å². The number of ether oxygens (including phenoxy) is 2. The van der Waals surface area contributed by atoms with Gasteiger partial charge in [-0.05, 0) is 31.9 Å². The van der Waals surface area contributed by atoms with Gasteiger partial charge in [-0.1, -0.05) is 12.1 Å². The molecule has 1 fully saturated rings. The number of hydrogen-bond acceptors (Lipinski definition) is 8. The quantitative estimate of drug-likeness (QED) is 0.617. The highest BCUT2D eigenvalue weighted by molar-refractivity contribution is 7.90. The van der Waals surface area contributed by atoms with Crippen molar-refractivity contribution in [3.8, 4) is 11.5 Å². The molecular formula is C21H28N4O5S. The summed E-state index contributed by atoms with van der Waals surface area (Å²) in [6.45, 7) is 3.98. The molecule has 168 valence electrons. The average Bonchev–Trinajstić information content (AvgIpc) is 2.75. The number of carbonyl (C=O) groups is 1. The van der Waals surface area contributed by atoms with Gasteiger partial charge in [0, 0.05) is 31.7 Å². The van der Waals surface area contributed by atoms with E-state index in [4.69, 9.17) is 9.47 Å². The molecule has 2 heterocycles. The first-order chi connectivity index (χ1) is 14.9. The number of sulfone groups is 1. The number of piperidine rings is 1. The van der Waals surface area contributed by atoms with Crippen molar-refractivity contribution in [2.24, 2.45) is 0 Å². The summed E-state index contributed by atoms with van der Waals surface area (Å²) in [5, 5.41) is 2.56. The van der Waals surface area contributed by atoms with Gasteiger partial charge in [-0.2, -0.15) is 0 Å². The molecule has 1 amide bonds. The molecule has 0 bridgehead atoms. The second kappa shape index (κ2) is 10.4. The lowest BCUT2D eigenvalue weighted by molar-refractivity contribution is 0.0955. The third-order valence-electron chi connectivity index (χ3n) is 4.76. The molecule has 2 aromatic rings. The summed E-state index contributed by atoms with van der Waals surface area (Å²) in [5.41, 5.74) is 0.285. The molecule has 1 N–H and O–H groups in total. The van der Waals surface area contributed by atoms with Crippen LogP contribution in [0.5, 0.6) is 11.5 Å². The number of hydrogen-bond donors (Lipinski definition) is 1. The highest BCUT2D eigenvalue weighted by atomic mass is 32.2. The fourth-order valence-corrected chi connectivity index (χ4v) is 3.74. The van der Waals surface area contributed by atoms with Crippen molar-refractivity contribution in [3.05, 3.63) is 42.2 Å². The van der Waals surface area contributed by atoms with Gasteiger partial charge in [0.1, 0.15) is 15.9 Å². The smallest absolute Gasteiger partial charge is 0.254 e. The maximum atomic E-state index is 12.1. The number of anilines is 1. The molecule has 10 heteroatoms. The third-order valence-corrected chi connectivity index (χ3v) is 5.71. The van der Waals surface area contributed by atoms with Crippen LogP contribution in [0.1, 0.15) is 30.1 Å². The zero-order chi connectivity index (χ0) is 22.3. The van der Waals surface area contributed by atoms with Crippen LogP contribution in [0.3, 0.4) is 0 Å². The molecule has 1 aromatic heterocycles. The maximum absolute atomic E-state index is 12.1. The lowest BCUT2D eigenvalue weighted by Crippen LogP contribution is -2.42. The van der Waals surface area contributed by atoms with Gasteiger partial charge in [0.05, 0.1) is 24.5 Å². The Morgan fingerprint density at radius 2 is 1.94 bits per heavy atom. The van der Waals surface area contributed by atoms with Crippen molar-refractivity contribution in [1.82, 2.24) is 15.3 Å². The second-order valence-electron chi connectivity index (χ2n) is 7.37. The Morgan fingerprint density at radius 1 is 1.23 bits per heavy atom. The van der Waals surface area contributed by atoms with Crippen molar-refractivity contribution >= 4 is 21.7 Å². The van der Waals surface area contributed by atoms with Crippen LogP contribution in [0.2, 0.25) is 0 Å². The van der Waals surface area contributed by atoms with Crippen molar-refractivity contribution in [2.75, 3.05) is 43.1 Å². The number of benzene rings is 1. The molecule has 1 aromatic carbocycles. The van der Waals surface area contributed by atoms with Crippen LogP contribution < -0.4 is 19.7 Å². The number of para-hydroxylation sites is 2. The largest absolute Gasteiger partial charge is 0.490 e. The third kappa shape index (κ3) is 6.81. The van der Waals surface area contributed by atoms with E-state index in [0.717, 1.165) is 37.1 Å². The molecule has 0 aliphatic carbocycles. The summed E-state index contributed by atoms with van der Waals surface area (Å²) in [6, 6.07) is 7.62. The van der Waals surface area contributed by atoms with Gasteiger partial charge >= 0.3 is 0 Å². The van der Waals surface area contributed by atoms with Crippen molar-refractivity contribution in [2.45, 2.75) is 25.9 Å². The normalized spacial score (nSPS) is 16.6. The molecule has 1 aliphatic heterocycles. The fourth-order valence-electron chi connectivity index (χ4n) is 3.27. The average molecular weight is 449 g/mol. The lowest BCUT2D eigenvalue weighted by Gasteiger charge is -2.33. The molecule has 31 heavy (non-hydrogen) atoms. The van der Waals surface area contributed by atoms with E-state index in [0.29, 0.717) is 19.1 Å². The predicted octanol–water partition coefficient (Wildman–Crippen LogP) is 1.70. The Bertz CT molecular complexity index is 982. The van der Waals surface area contributed by atoms with Gasteiger partial charge in [-0.15, -0.1) is 0 Å². The minimum Gasteiger partial charge on any atom is -0.490 e. The van der Waals surface area contributed by atoms with E-state index >= 15 is 0 Å². The van der Waals surface area contributed by atoms with Gasteiger partial charge in [-0.3, -0.25) is 4.79 Å². The van der Waals surface area contributed by atoms with Crippen LogP contribution in [0.25, 0.3) is 0 Å². The zero-order valence-corrected chi connectivity index (χ0v) is 18.6. The van der Waals surface area contributed by atoms with Crippen LogP contribution >= 0.6 is 0 Å². The molecule has 1 atom stereocenters. The van der Waals surface area contributed by atoms with E-state index in [9.17, 15) is 13.2 Å². The molecule has 0 unspecified atom stereocenters. The Balaban J connectivity index is 1.58. The van der Waals surface area contributed by atoms with Gasteiger partial charge < -0.3 is 19.7 Å². The van der Waals surface area contributed by atoms with E-state index in [1.807, 2.05) is 36.1 Å². The Kier molecular flexibility index (Phi) is 7.67. The van der Waals surface area contributed by atoms with Crippen LogP contribution in [0, 0.1) is 0 Å². The zero-order valence-electron chi connectivity index (χ0n) is 17.8. The summed E-state index contributed by atoms with van der Waals surface area (Å²) in [5.74, 6) is 1.46. The summed E-state index contributed by atoms with van der Waals surface area (Å²) < 4.78 is 34.2. The number of nitrogens with zero attached hydrogens (tertiary/aromatic N) is 3. The van der Waals surface area contributed by atoms with Gasteiger partial charge in [0.25, 0.3) is 5.91 Å². The first-order valence-electron chi connectivity index (χ1n) is 10.3. The van der Waals surface area contributed by atoms with Crippen LogP contribution in [0.4, 0.5) is 5.95 Å². The molecule has 0 spiro atoms. The highest BCUT2D eigenvalue weighted by Crippen LogP contribution is 2.29. The minimum absolute atomic E-state index is 0.0297. The predicted molar refractivity (Wildman–Crippen MR) is 118 cm³/mol. The lowest BCUT2D eigenvalue weighted by atomic mass is 10.1. The van der Waals surface area contributed by atoms with Crippen LogP contribution in [-0.2, 0) is 9.84 Å². The topological polar surface area (TPSA) is 111 Å². The van der Waals surface area contributed by atoms with Crippen LogP contribution in [0.15, 0.2) is 36.7 Å². The fraction of sp³-hybridized carbons (Fsp3) is 0.476. The standard InChI is InChI=1S/C21H28N4O5S/c1-3-29-18-8-4-5-9-19(18)30-17-7-6-11-25(15-17)21-23-13-16(14-24-21)20(26)22-10-12-31(2,27)28/h4-5,8-9,13-14,17H,3,6-7,10-12,15H2,1-2H3,(H,22,26)/t17-/m1/s1. The van der Waals surface area contributed by atoms with Crippen LogP contribution in [-0.4, -0.2) is 68.6 Å². The van der Waals surface area contributed by atoms with E-state index < -0.39 is 15.7 Å². The maximum Gasteiger partial charge on any atom is 0.254 e. The molecule has 3 rings (SSSR count).